The van der Waals surface area contributed by atoms with Crippen LogP contribution in [0.1, 0.15) is 34.6 Å². The van der Waals surface area contributed by atoms with Crippen LogP contribution in [0.25, 0.3) is 39.5 Å². The molecule has 0 fully saturated rings. The Morgan fingerprint density at radius 2 is 1.52 bits per heavy atom. The minimum Gasteiger partial charge on any atom is -0.279 e. The highest BCUT2D eigenvalue weighted by Crippen LogP contribution is 2.56. The van der Waals surface area contributed by atoms with Crippen molar-refractivity contribution in [2.45, 2.75) is 18.8 Å². The number of benzene rings is 4. The molecule has 2 atom stereocenters. The molecule has 0 spiro atoms. The van der Waals surface area contributed by atoms with E-state index in [0.717, 1.165) is 35.5 Å². The molecular formula is C39H27N3. The summed E-state index contributed by atoms with van der Waals surface area (Å²) in [5.41, 5.74) is 16.4. The Morgan fingerprint density at radius 3 is 2.43 bits per heavy atom. The van der Waals surface area contributed by atoms with Gasteiger partial charge < -0.3 is 0 Å². The lowest BCUT2D eigenvalue weighted by atomic mass is 9.77. The SMILES string of the molecule is C1=CC2=C(N3c4ccccc4-c4ccccc4-n4c3nc3c5c(ccc34)CCC=C5)C=CC3c4ccccc4C(=C1)C23. The first kappa shape index (κ1) is 22.5. The fraction of sp³-hybridized carbons (Fsp3) is 0.103. The summed E-state index contributed by atoms with van der Waals surface area (Å²) in [6, 6.07) is 31.2. The van der Waals surface area contributed by atoms with Crippen LogP contribution >= 0.6 is 0 Å². The van der Waals surface area contributed by atoms with Crippen molar-refractivity contribution in [3.8, 4) is 16.8 Å². The fourth-order valence-corrected chi connectivity index (χ4v) is 8.02. The summed E-state index contributed by atoms with van der Waals surface area (Å²) < 4.78 is 2.40. The number of anilines is 2. The summed E-state index contributed by atoms with van der Waals surface area (Å²) >= 11 is 0. The van der Waals surface area contributed by atoms with Gasteiger partial charge in [0.1, 0.15) is 0 Å². The summed E-state index contributed by atoms with van der Waals surface area (Å²) in [5, 5.41) is 0. The molecule has 0 N–H and O–H groups in total. The Balaban J connectivity index is 1.30. The third-order valence-electron chi connectivity index (χ3n) is 9.79. The molecule has 0 radical (unpaired) electrons. The maximum absolute atomic E-state index is 5.54. The molecule has 0 amide bonds. The molecule has 5 aromatic rings. The van der Waals surface area contributed by atoms with E-state index in [-0.39, 0.29) is 0 Å². The van der Waals surface area contributed by atoms with Crippen LogP contribution < -0.4 is 4.90 Å². The molecule has 198 valence electrons. The Labute approximate surface area is 244 Å². The van der Waals surface area contributed by atoms with Gasteiger partial charge in [0.2, 0.25) is 5.95 Å². The van der Waals surface area contributed by atoms with Gasteiger partial charge in [-0.25, -0.2) is 4.98 Å². The van der Waals surface area contributed by atoms with E-state index in [1.165, 1.54) is 55.9 Å². The summed E-state index contributed by atoms with van der Waals surface area (Å²) in [6.45, 7) is 0. The normalized spacial score (nSPS) is 20.4. The first-order valence-corrected chi connectivity index (χ1v) is 15.0. The highest BCUT2D eigenvalue weighted by molar-refractivity contribution is 5.98. The zero-order chi connectivity index (χ0) is 27.4. The van der Waals surface area contributed by atoms with Crippen molar-refractivity contribution in [2.24, 2.45) is 5.92 Å². The predicted molar refractivity (Wildman–Crippen MR) is 172 cm³/mol. The lowest BCUT2D eigenvalue weighted by Gasteiger charge is -2.34. The van der Waals surface area contributed by atoms with Gasteiger partial charge in [-0.3, -0.25) is 9.47 Å². The van der Waals surface area contributed by atoms with Crippen LogP contribution in [0.3, 0.4) is 0 Å². The lowest BCUT2D eigenvalue weighted by Crippen LogP contribution is -2.25. The van der Waals surface area contributed by atoms with E-state index < -0.39 is 0 Å². The van der Waals surface area contributed by atoms with Crippen molar-refractivity contribution in [3.63, 3.8) is 0 Å². The van der Waals surface area contributed by atoms with Crippen molar-refractivity contribution in [3.05, 3.63) is 155 Å². The molecule has 10 rings (SSSR count). The third kappa shape index (κ3) is 2.83. The highest BCUT2D eigenvalue weighted by Gasteiger charge is 2.42. The smallest absolute Gasteiger partial charge is 0.220 e. The number of fused-ring (bicyclic) bond motifs is 12. The van der Waals surface area contributed by atoms with E-state index in [2.05, 4.69) is 137 Å². The maximum atomic E-state index is 5.54. The molecule has 42 heavy (non-hydrogen) atoms. The van der Waals surface area contributed by atoms with Crippen LogP contribution in [-0.2, 0) is 6.42 Å². The van der Waals surface area contributed by atoms with Gasteiger partial charge in [-0.05, 0) is 65.0 Å². The predicted octanol–water partition coefficient (Wildman–Crippen LogP) is 9.29. The molecule has 4 aromatic carbocycles. The number of aryl methyl sites for hydroxylation is 1. The summed E-state index contributed by atoms with van der Waals surface area (Å²) in [5.74, 6) is 1.60. The molecular weight excluding hydrogens is 510 g/mol. The topological polar surface area (TPSA) is 21.1 Å². The molecule has 0 bridgehead atoms. The van der Waals surface area contributed by atoms with Gasteiger partial charge in [-0.2, -0.15) is 0 Å². The van der Waals surface area contributed by atoms with Crippen molar-refractivity contribution in [2.75, 3.05) is 4.90 Å². The molecule has 2 unspecified atom stereocenters. The summed E-state index contributed by atoms with van der Waals surface area (Å²) in [4.78, 5) is 7.98. The second kappa shape index (κ2) is 8.20. The Bertz CT molecular complexity index is 2170. The molecule has 4 aliphatic carbocycles. The monoisotopic (exact) mass is 537 g/mol. The van der Waals surface area contributed by atoms with Gasteiger partial charge in [-0.15, -0.1) is 0 Å². The van der Waals surface area contributed by atoms with Crippen LogP contribution in [0.5, 0.6) is 0 Å². The summed E-state index contributed by atoms with van der Waals surface area (Å²) in [7, 11) is 0. The van der Waals surface area contributed by atoms with Gasteiger partial charge in [0.25, 0.3) is 0 Å². The van der Waals surface area contributed by atoms with Gasteiger partial charge >= 0.3 is 0 Å². The number of allylic oxidation sites excluding steroid dienone is 8. The molecule has 1 aromatic heterocycles. The molecule has 0 saturated heterocycles. The summed E-state index contributed by atoms with van der Waals surface area (Å²) in [6.07, 6.45) is 18.4. The van der Waals surface area contributed by atoms with Crippen LogP contribution in [0.15, 0.2) is 133 Å². The number of imidazole rings is 1. The minimum atomic E-state index is 0.304. The number of rotatable bonds is 1. The number of hydrogen-bond donors (Lipinski definition) is 0. The average molecular weight is 538 g/mol. The molecule has 3 heteroatoms. The highest BCUT2D eigenvalue weighted by atomic mass is 15.3. The average Bonchev–Trinajstić information content (AvgIpc) is 3.56. The van der Waals surface area contributed by atoms with Gasteiger partial charge in [0, 0.05) is 28.5 Å². The number of para-hydroxylation sites is 2. The second-order valence-corrected chi connectivity index (χ2v) is 11.8. The van der Waals surface area contributed by atoms with Crippen molar-refractivity contribution in [1.29, 1.82) is 0 Å². The molecule has 3 nitrogen and oxygen atoms in total. The Morgan fingerprint density at radius 1 is 0.738 bits per heavy atom. The van der Waals surface area contributed by atoms with Crippen molar-refractivity contribution in [1.82, 2.24) is 9.55 Å². The fourth-order valence-electron chi connectivity index (χ4n) is 8.02. The van der Waals surface area contributed by atoms with E-state index in [9.17, 15) is 0 Å². The van der Waals surface area contributed by atoms with Crippen molar-refractivity contribution < 1.29 is 0 Å². The van der Waals surface area contributed by atoms with Crippen LogP contribution in [0, 0.1) is 5.92 Å². The standard InChI is InChI=1S/C39H27N3/c1-2-11-25-24(10-1)20-22-36-38(25)40-39-41(33-18-7-5-14-28(33)29-15-6-8-19-34(29)42(36)39)35-23-21-31-27-13-4-3-12-26(27)30-16-9-17-32(35)37(30)31/h2-9,11-23,31,37H,1,10H2. The van der Waals surface area contributed by atoms with Gasteiger partial charge in [-0.1, -0.05) is 103 Å². The molecule has 5 aliphatic rings. The molecule has 1 aliphatic heterocycles. The van der Waals surface area contributed by atoms with Gasteiger partial charge in [0.05, 0.1) is 28.1 Å². The third-order valence-corrected chi connectivity index (χ3v) is 9.79. The minimum absolute atomic E-state index is 0.304. The second-order valence-electron chi connectivity index (χ2n) is 11.8. The van der Waals surface area contributed by atoms with E-state index in [0.29, 0.717) is 11.8 Å². The van der Waals surface area contributed by atoms with Crippen LogP contribution in [0.4, 0.5) is 11.6 Å². The zero-order valence-corrected chi connectivity index (χ0v) is 23.0. The van der Waals surface area contributed by atoms with Gasteiger partial charge in [0.15, 0.2) is 0 Å². The first-order valence-electron chi connectivity index (χ1n) is 15.0. The van der Waals surface area contributed by atoms with E-state index in [1.807, 2.05) is 0 Å². The van der Waals surface area contributed by atoms with E-state index in [1.54, 1.807) is 0 Å². The van der Waals surface area contributed by atoms with Crippen LogP contribution in [0.2, 0.25) is 0 Å². The number of nitrogens with zero attached hydrogens (tertiary/aromatic N) is 3. The van der Waals surface area contributed by atoms with E-state index in [4.69, 9.17) is 4.98 Å². The number of aromatic nitrogens is 2. The van der Waals surface area contributed by atoms with Crippen LogP contribution in [-0.4, -0.2) is 9.55 Å². The quantitative estimate of drug-likeness (QED) is 0.212. The van der Waals surface area contributed by atoms with Crippen molar-refractivity contribution >= 4 is 34.3 Å². The Kier molecular flexibility index (Phi) is 4.40. The molecule has 0 saturated carbocycles. The first-order chi connectivity index (χ1) is 20.9. The Hall–Kier alpha value is -5.15. The lowest BCUT2D eigenvalue weighted by molar-refractivity contribution is 0.708. The molecule has 2 heterocycles. The maximum Gasteiger partial charge on any atom is 0.220 e. The number of hydrogen-bond acceptors (Lipinski definition) is 2. The zero-order valence-electron chi connectivity index (χ0n) is 23.0. The largest absolute Gasteiger partial charge is 0.279 e. The van der Waals surface area contributed by atoms with E-state index >= 15 is 0 Å².